The van der Waals surface area contributed by atoms with Crippen LogP contribution in [-0.4, -0.2) is 26.4 Å². The van der Waals surface area contributed by atoms with E-state index in [2.05, 4.69) is 5.92 Å². The Hall–Kier alpha value is -5.18. The van der Waals surface area contributed by atoms with Crippen LogP contribution < -0.4 is 18.9 Å². The fraction of sp³-hybridized carbons (Fsp3) is 0.222. The highest BCUT2D eigenvalue weighted by atomic mass is 19.2. The highest BCUT2D eigenvalue weighted by Gasteiger charge is 2.18. The van der Waals surface area contributed by atoms with Gasteiger partial charge in [0.1, 0.15) is 13.2 Å². The van der Waals surface area contributed by atoms with E-state index in [9.17, 15) is 35.1 Å². The van der Waals surface area contributed by atoms with Gasteiger partial charge in [-0.2, -0.15) is 17.6 Å². The van der Waals surface area contributed by atoms with Crippen molar-refractivity contribution in [2.75, 3.05) is 26.4 Å². The maximum absolute atomic E-state index is 13.0. The molecule has 0 radical (unpaired) electrons. The van der Waals surface area contributed by atoms with Crippen LogP contribution in [0.2, 0.25) is 0 Å². The van der Waals surface area contributed by atoms with Crippen LogP contribution in [0.25, 0.3) is 6.08 Å². The third-order valence-corrected chi connectivity index (χ3v) is 6.28. The third kappa shape index (κ3) is 10.4. The molecule has 4 nitrogen and oxygen atoms in total. The van der Waals surface area contributed by atoms with Gasteiger partial charge in [-0.3, -0.25) is 0 Å². The van der Waals surface area contributed by atoms with Crippen LogP contribution in [0.4, 0.5) is 35.1 Å². The van der Waals surface area contributed by atoms with Crippen LogP contribution >= 0.6 is 0 Å². The van der Waals surface area contributed by atoms with Gasteiger partial charge in [-0.25, -0.2) is 17.6 Å². The van der Waals surface area contributed by atoms with Crippen molar-refractivity contribution in [2.45, 2.75) is 26.2 Å². The van der Waals surface area contributed by atoms with Crippen LogP contribution in [0.1, 0.15) is 30.9 Å². The smallest absolute Gasteiger partial charge is 0.201 e. The van der Waals surface area contributed by atoms with Gasteiger partial charge in [0.2, 0.25) is 23.3 Å². The van der Waals surface area contributed by atoms with Gasteiger partial charge in [0, 0.05) is 5.56 Å². The number of benzene rings is 4. The van der Waals surface area contributed by atoms with Crippen molar-refractivity contribution in [3.8, 4) is 35.3 Å². The number of rotatable bonds is 5. The molecule has 48 heavy (non-hydrogen) atoms. The Morgan fingerprint density at radius 2 is 1.27 bits per heavy atom. The van der Waals surface area contributed by atoms with Gasteiger partial charge in [-0.1, -0.05) is 37.1 Å². The van der Waals surface area contributed by atoms with Gasteiger partial charge in [0.25, 0.3) is 0 Å². The van der Waals surface area contributed by atoms with Crippen molar-refractivity contribution >= 4 is 6.08 Å². The molecular weight excluding hydrogens is 648 g/mol. The molecule has 2 aliphatic rings. The van der Waals surface area contributed by atoms with Crippen LogP contribution in [0, 0.1) is 58.9 Å². The number of hydrogen-bond donors (Lipinski definition) is 0. The van der Waals surface area contributed by atoms with E-state index in [4.69, 9.17) is 25.4 Å². The zero-order chi connectivity index (χ0) is 35.1. The molecule has 2 aliphatic heterocycles. The molecule has 0 fully saturated rings. The monoisotopic (exact) mass is 678 g/mol. The van der Waals surface area contributed by atoms with E-state index in [0.717, 1.165) is 49.1 Å². The summed E-state index contributed by atoms with van der Waals surface area (Å²) in [6.45, 7) is 3.01. The normalized spacial score (nSPS) is 12.0. The molecule has 6 rings (SSSR count). The standard InChI is InChI=1S/C9H8F2O.C9H6F2O.C9H10F2O.C9H6F2O/c2*10-7-4-3-6-2-1-5-12-9(6)8(7)11;2*1-2-6-12-8-5-3-4-7(10)9(8)11/h3-4H,1-2,5H2;1-4H,5H2;3-5H,2,6H2,1H3;1,3-5H,6H2. The number of fused-ring (bicyclic) bond motifs is 2. The quantitative estimate of drug-likeness (QED) is 0.156. The lowest BCUT2D eigenvalue weighted by Gasteiger charge is -2.17. The first-order chi connectivity index (χ1) is 23.1. The molecule has 4 aromatic rings. The van der Waals surface area contributed by atoms with Crippen LogP contribution in [-0.2, 0) is 6.42 Å². The average molecular weight is 679 g/mol. The van der Waals surface area contributed by atoms with Gasteiger partial charge < -0.3 is 18.9 Å². The molecule has 0 unspecified atom stereocenters. The number of terminal acetylenes is 1. The lowest BCUT2D eigenvalue weighted by atomic mass is 10.1. The summed E-state index contributed by atoms with van der Waals surface area (Å²) in [5.74, 6) is -5.11. The predicted octanol–water partition coefficient (Wildman–Crippen LogP) is 9.39. The Morgan fingerprint density at radius 1 is 0.688 bits per heavy atom. The Bertz CT molecular complexity index is 1740. The first kappa shape index (κ1) is 37.3. The van der Waals surface area contributed by atoms with E-state index < -0.39 is 46.5 Å². The largest absolute Gasteiger partial charge is 0.490 e. The summed E-state index contributed by atoms with van der Waals surface area (Å²) < 4.78 is 121. The fourth-order valence-corrected chi connectivity index (χ4v) is 4.02. The van der Waals surface area contributed by atoms with Crippen molar-refractivity contribution in [2.24, 2.45) is 0 Å². The van der Waals surface area contributed by atoms with Crippen molar-refractivity contribution in [1.29, 1.82) is 0 Å². The first-order valence-corrected chi connectivity index (χ1v) is 14.5. The van der Waals surface area contributed by atoms with Crippen molar-refractivity contribution < 1.29 is 54.1 Å². The number of aryl methyl sites for hydroxylation is 1. The summed E-state index contributed by atoms with van der Waals surface area (Å²) in [4.78, 5) is 0. The summed E-state index contributed by atoms with van der Waals surface area (Å²) in [5, 5.41) is 0. The van der Waals surface area contributed by atoms with Gasteiger partial charge in [-0.15, -0.1) is 6.42 Å². The molecule has 254 valence electrons. The minimum absolute atomic E-state index is 0.0116. The summed E-state index contributed by atoms with van der Waals surface area (Å²) in [6.07, 6.45) is 10.7. The third-order valence-electron chi connectivity index (χ3n) is 6.28. The minimum Gasteiger partial charge on any atom is -0.490 e. The second-order valence-corrected chi connectivity index (χ2v) is 9.74. The highest BCUT2D eigenvalue weighted by molar-refractivity contribution is 5.59. The number of hydrogen-bond acceptors (Lipinski definition) is 4. The fourth-order valence-electron chi connectivity index (χ4n) is 4.02. The van der Waals surface area contributed by atoms with Gasteiger partial charge >= 0.3 is 0 Å². The zero-order valence-electron chi connectivity index (χ0n) is 25.6. The van der Waals surface area contributed by atoms with Gasteiger partial charge in [0.15, 0.2) is 46.3 Å². The SMILES string of the molecule is C#CCOc1cccc(F)c1F.CCCOc1cccc(F)c1F.Fc1ccc2c(c1F)OCC=C2.Fc1ccc2c(c1F)OCCC2. The number of halogens is 8. The summed E-state index contributed by atoms with van der Waals surface area (Å²) in [7, 11) is 0. The molecule has 0 atom stereocenters. The second kappa shape index (κ2) is 18.8. The maximum Gasteiger partial charge on any atom is 0.201 e. The van der Waals surface area contributed by atoms with Crippen LogP contribution in [0.3, 0.4) is 0 Å². The predicted molar refractivity (Wildman–Crippen MR) is 164 cm³/mol. The highest BCUT2D eigenvalue weighted by Crippen LogP contribution is 2.30. The first-order valence-electron chi connectivity index (χ1n) is 14.5. The van der Waals surface area contributed by atoms with Gasteiger partial charge in [-0.05, 0) is 73.4 Å². The summed E-state index contributed by atoms with van der Waals surface area (Å²) in [6, 6.07) is 12.9. The van der Waals surface area contributed by atoms with Gasteiger partial charge in [0.05, 0.1) is 13.2 Å². The van der Waals surface area contributed by atoms with E-state index in [-0.39, 0.29) is 29.6 Å². The van der Waals surface area contributed by atoms with Crippen molar-refractivity contribution in [3.63, 3.8) is 0 Å². The average Bonchev–Trinajstić information content (AvgIpc) is 3.10. The van der Waals surface area contributed by atoms with E-state index >= 15 is 0 Å². The Morgan fingerprint density at radius 3 is 1.90 bits per heavy atom. The molecule has 0 spiro atoms. The Balaban J connectivity index is 0.000000174. The van der Waals surface area contributed by atoms with E-state index in [0.29, 0.717) is 25.4 Å². The van der Waals surface area contributed by atoms with Crippen LogP contribution in [0.15, 0.2) is 66.7 Å². The van der Waals surface area contributed by atoms with E-state index in [1.807, 2.05) is 6.92 Å². The molecule has 0 saturated carbocycles. The van der Waals surface area contributed by atoms with Crippen molar-refractivity contribution in [3.05, 3.63) is 124 Å². The number of ether oxygens (including phenoxy) is 4. The van der Waals surface area contributed by atoms with E-state index in [1.165, 1.54) is 30.3 Å². The molecule has 0 N–H and O–H groups in total. The molecule has 4 aromatic carbocycles. The molecule has 0 saturated heterocycles. The molecule has 12 heteroatoms. The lowest BCUT2D eigenvalue weighted by molar-refractivity contribution is 0.268. The second-order valence-electron chi connectivity index (χ2n) is 9.74. The minimum atomic E-state index is -1.01. The Labute approximate surface area is 272 Å². The topological polar surface area (TPSA) is 36.9 Å². The maximum atomic E-state index is 13.0. The summed E-state index contributed by atoms with van der Waals surface area (Å²) in [5.41, 5.74) is 1.35. The molecular formula is C36H30F8O4. The molecule has 0 bridgehead atoms. The lowest BCUT2D eigenvalue weighted by Crippen LogP contribution is -2.10. The molecule has 0 amide bonds. The molecule has 0 aromatic heterocycles. The Kier molecular flexibility index (Phi) is 14.6. The molecule has 2 heterocycles. The summed E-state index contributed by atoms with van der Waals surface area (Å²) >= 11 is 0. The molecule has 0 aliphatic carbocycles. The zero-order valence-corrected chi connectivity index (χ0v) is 25.6. The van der Waals surface area contributed by atoms with Crippen LogP contribution in [0.5, 0.6) is 23.0 Å². The van der Waals surface area contributed by atoms with E-state index in [1.54, 1.807) is 18.2 Å². The van der Waals surface area contributed by atoms with Crippen molar-refractivity contribution in [1.82, 2.24) is 0 Å².